The zero-order chi connectivity index (χ0) is 12.3. The maximum absolute atomic E-state index is 9.73. The van der Waals surface area contributed by atoms with Crippen LogP contribution < -0.4 is 4.74 Å². The molecule has 17 heavy (non-hydrogen) atoms. The lowest BCUT2D eigenvalue weighted by molar-refractivity contribution is 0.142. The molecular formula is C14H19BrO2. The van der Waals surface area contributed by atoms with Crippen LogP contribution in [0.2, 0.25) is 0 Å². The minimum absolute atomic E-state index is 0.315. The van der Waals surface area contributed by atoms with E-state index in [1.807, 2.05) is 18.2 Å². The van der Waals surface area contributed by atoms with Gasteiger partial charge in [0.05, 0.1) is 12.2 Å². The maximum Gasteiger partial charge on any atom is 0.126 e. The third-order valence-corrected chi connectivity index (χ3v) is 3.76. The Morgan fingerprint density at radius 3 is 2.65 bits per heavy atom. The largest absolute Gasteiger partial charge is 0.490 e. The van der Waals surface area contributed by atoms with E-state index in [4.69, 9.17) is 4.74 Å². The molecular weight excluding hydrogens is 280 g/mol. The first kappa shape index (κ1) is 12.9. The zero-order valence-electron chi connectivity index (χ0n) is 10.2. The Balaban J connectivity index is 2.14. The van der Waals surface area contributed by atoms with E-state index in [1.165, 1.54) is 19.3 Å². The van der Waals surface area contributed by atoms with Crippen LogP contribution in [0.15, 0.2) is 22.7 Å². The van der Waals surface area contributed by atoms with Crippen molar-refractivity contribution in [3.8, 4) is 5.75 Å². The van der Waals surface area contributed by atoms with Gasteiger partial charge in [-0.2, -0.15) is 0 Å². The van der Waals surface area contributed by atoms with E-state index in [2.05, 4.69) is 15.9 Å². The molecule has 1 saturated carbocycles. The summed E-state index contributed by atoms with van der Waals surface area (Å²) < 4.78 is 7.03. The Labute approximate surface area is 111 Å². The van der Waals surface area contributed by atoms with Crippen LogP contribution in [0.3, 0.4) is 0 Å². The summed E-state index contributed by atoms with van der Waals surface area (Å²) in [5.74, 6) is 0.821. The summed E-state index contributed by atoms with van der Waals surface area (Å²) >= 11 is 3.45. The Bertz CT molecular complexity index is 370. The van der Waals surface area contributed by atoms with Gasteiger partial charge < -0.3 is 9.84 Å². The summed E-state index contributed by atoms with van der Waals surface area (Å²) in [7, 11) is 0. The van der Waals surface area contributed by atoms with Gasteiger partial charge in [0.2, 0.25) is 0 Å². The molecule has 1 unspecified atom stereocenters. The normalized spacial score (nSPS) is 19.0. The van der Waals surface area contributed by atoms with Crippen LogP contribution in [0.5, 0.6) is 5.75 Å². The molecule has 1 aliphatic carbocycles. The van der Waals surface area contributed by atoms with Crippen molar-refractivity contribution in [3.63, 3.8) is 0 Å². The van der Waals surface area contributed by atoms with Gasteiger partial charge in [0, 0.05) is 10.0 Å². The third-order valence-electron chi connectivity index (χ3n) is 3.27. The second-order valence-electron chi connectivity index (χ2n) is 4.74. The first-order chi connectivity index (χ1) is 8.16. The molecule has 0 spiro atoms. The molecule has 0 amide bonds. The van der Waals surface area contributed by atoms with Crippen molar-refractivity contribution in [3.05, 3.63) is 28.2 Å². The predicted octanol–water partition coefficient (Wildman–Crippen LogP) is 4.21. The number of aliphatic hydroxyl groups is 1. The van der Waals surface area contributed by atoms with Gasteiger partial charge in [-0.15, -0.1) is 0 Å². The lowest BCUT2D eigenvalue weighted by Gasteiger charge is -2.25. The van der Waals surface area contributed by atoms with E-state index < -0.39 is 6.10 Å². The molecule has 94 valence electrons. The van der Waals surface area contributed by atoms with Crippen molar-refractivity contribution in [2.45, 2.75) is 51.2 Å². The van der Waals surface area contributed by atoms with Crippen molar-refractivity contribution in [1.29, 1.82) is 0 Å². The highest BCUT2D eigenvalue weighted by Crippen LogP contribution is 2.31. The minimum Gasteiger partial charge on any atom is -0.490 e. The Hall–Kier alpha value is -0.540. The molecule has 0 aromatic heterocycles. The summed E-state index contributed by atoms with van der Waals surface area (Å²) in [6.45, 7) is 1.77. The number of benzene rings is 1. The number of hydrogen-bond acceptors (Lipinski definition) is 2. The van der Waals surface area contributed by atoms with Crippen molar-refractivity contribution < 1.29 is 9.84 Å². The Morgan fingerprint density at radius 1 is 1.29 bits per heavy atom. The molecule has 0 heterocycles. The zero-order valence-corrected chi connectivity index (χ0v) is 11.7. The quantitative estimate of drug-likeness (QED) is 0.905. The molecule has 0 aliphatic heterocycles. The van der Waals surface area contributed by atoms with Gasteiger partial charge in [0.15, 0.2) is 0 Å². The van der Waals surface area contributed by atoms with E-state index >= 15 is 0 Å². The molecule has 1 fully saturated rings. The van der Waals surface area contributed by atoms with E-state index in [0.29, 0.717) is 6.10 Å². The molecule has 0 bridgehead atoms. The third kappa shape index (κ3) is 3.46. The van der Waals surface area contributed by atoms with Crippen LogP contribution in [-0.2, 0) is 0 Å². The Kier molecular flexibility index (Phi) is 4.46. The topological polar surface area (TPSA) is 29.5 Å². The van der Waals surface area contributed by atoms with Gasteiger partial charge in [-0.1, -0.05) is 28.4 Å². The van der Waals surface area contributed by atoms with E-state index in [0.717, 1.165) is 28.6 Å². The fourth-order valence-electron chi connectivity index (χ4n) is 2.32. The summed E-state index contributed by atoms with van der Waals surface area (Å²) in [5.41, 5.74) is 0.874. The molecule has 1 aliphatic rings. The summed E-state index contributed by atoms with van der Waals surface area (Å²) in [6, 6.07) is 5.82. The molecule has 3 heteroatoms. The standard InChI is InChI=1S/C14H19BrO2/c1-10(16)13-8-7-11(15)9-14(13)17-12-5-3-2-4-6-12/h7-10,12,16H,2-6H2,1H3. The number of rotatable bonds is 3. The van der Waals surface area contributed by atoms with Crippen LogP contribution in [0.25, 0.3) is 0 Å². The second-order valence-corrected chi connectivity index (χ2v) is 5.65. The molecule has 1 N–H and O–H groups in total. The van der Waals surface area contributed by atoms with Crippen LogP contribution in [-0.4, -0.2) is 11.2 Å². The van der Waals surface area contributed by atoms with Gasteiger partial charge in [0.1, 0.15) is 5.75 Å². The van der Waals surface area contributed by atoms with E-state index in [9.17, 15) is 5.11 Å². The van der Waals surface area contributed by atoms with Crippen molar-refractivity contribution in [2.24, 2.45) is 0 Å². The molecule has 1 atom stereocenters. The summed E-state index contributed by atoms with van der Waals surface area (Å²) in [5, 5.41) is 9.73. The number of hydrogen-bond donors (Lipinski definition) is 1. The molecule has 0 radical (unpaired) electrons. The first-order valence-electron chi connectivity index (χ1n) is 6.31. The SMILES string of the molecule is CC(O)c1ccc(Br)cc1OC1CCCCC1. The van der Waals surface area contributed by atoms with Crippen molar-refractivity contribution in [1.82, 2.24) is 0 Å². The molecule has 1 aromatic rings. The van der Waals surface area contributed by atoms with Crippen LogP contribution in [0.4, 0.5) is 0 Å². The fourth-order valence-corrected chi connectivity index (χ4v) is 2.66. The molecule has 1 aromatic carbocycles. The number of halogens is 1. The summed E-state index contributed by atoms with van der Waals surface area (Å²) in [4.78, 5) is 0. The van der Waals surface area contributed by atoms with Gasteiger partial charge in [0.25, 0.3) is 0 Å². The Morgan fingerprint density at radius 2 is 2.00 bits per heavy atom. The van der Waals surface area contributed by atoms with Gasteiger partial charge >= 0.3 is 0 Å². The van der Waals surface area contributed by atoms with Crippen molar-refractivity contribution >= 4 is 15.9 Å². The smallest absolute Gasteiger partial charge is 0.126 e. The maximum atomic E-state index is 9.73. The average molecular weight is 299 g/mol. The van der Waals surface area contributed by atoms with E-state index in [-0.39, 0.29) is 0 Å². The lowest BCUT2D eigenvalue weighted by atomic mass is 9.97. The number of ether oxygens (including phenoxy) is 1. The van der Waals surface area contributed by atoms with E-state index in [1.54, 1.807) is 6.92 Å². The fraction of sp³-hybridized carbons (Fsp3) is 0.571. The highest BCUT2D eigenvalue weighted by molar-refractivity contribution is 9.10. The molecule has 0 saturated heterocycles. The highest BCUT2D eigenvalue weighted by Gasteiger charge is 2.18. The lowest BCUT2D eigenvalue weighted by Crippen LogP contribution is -2.20. The molecule has 2 nitrogen and oxygen atoms in total. The number of aliphatic hydroxyl groups excluding tert-OH is 1. The molecule has 2 rings (SSSR count). The van der Waals surface area contributed by atoms with Gasteiger partial charge in [-0.25, -0.2) is 0 Å². The van der Waals surface area contributed by atoms with Crippen LogP contribution in [0, 0.1) is 0 Å². The summed E-state index contributed by atoms with van der Waals surface area (Å²) in [6.07, 6.45) is 5.92. The minimum atomic E-state index is -0.485. The predicted molar refractivity (Wildman–Crippen MR) is 72.3 cm³/mol. The highest BCUT2D eigenvalue weighted by atomic mass is 79.9. The first-order valence-corrected chi connectivity index (χ1v) is 7.10. The van der Waals surface area contributed by atoms with Gasteiger partial charge in [-0.05, 0) is 44.7 Å². The average Bonchev–Trinajstić information content (AvgIpc) is 2.30. The van der Waals surface area contributed by atoms with Gasteiger partial charge in [-0.3, -0.25) is 0 Å². The van der Waals surface area contributed by atoms with Crippen molar-refractivity contribution in [2.75, 3.05) is 0 Å². The van der Waals surface area contributed by atoms with Crippen LogP contribution >= 0.6 is 15.9 Å². The van der Waals surface area contributed by atoms with Crippen LogP contribution in [0.1, 0.15) is 50.7 Å². The monoisotopic (exact) mass is 298 g/mol. The second kappa shape index (κ2) is 5.87.